The zero-order valence-electron chi connectivity index (χ0n) is 8.52. The molecule has 16 heavy (non-hydrogen) atoms. The van der Waals surface area contributed by atoms with Gasteiger partial charge in [-0.1, -0.05) is 23.7 Å². The van der Waals surface area contributed by atoms with Crippen LogP contribution in [0.4, 0.5) is 0 Å². The molecular weight excluding hydrogens is 230 g/mol. The summed E-state index contributed by atoms with van der Waals surface area (Å²) in [5.74, 6) is -1.87. The average molecular weight is 242 g/mol. The Hall–Kier alpha value is -1.55. The highest BCUT2D eigenvalue weighted by atomic mass is 35.5. The highest BCUT2D eigenvalue weighted by molar-refractivity contribution is 6.30. The number of hydrogen-bond donors (Lipinski definition) is 2. The SMILES string of the molecule is NC(=O)C[C@H](CC(=O)O)c1ccc(Cl)cc1. The molecule has 0 saturated heterocycles. The maximum Gasteiger partial charge on any atom is 0.303 e. The summed E-state index contributed by atoms with van der Waals surface area (Å²) in [6.07, 6.45) is -0.0987. The summed E-state index contributed by atoms with van der Waals surface area (Å²) in [6, 6.07) is 6.73. The van der Waals surface area contributed by atoms with Crippen LogP contribution >= 0.6 is 11.6 Å². The Bertz CT molecular complexity index is 373. The molecule has 0 aliphatic carbocycles. The predicted octanol–water partition coefficient (Wildman–Crippen LogP) is 1.77. The second-order valence-electron chi connectivity index (χ2n) is 3.52. The number of rotatable bonds is 5. The Kier molecular flexibility index (Phi) is 4.31. The van der Waals surface area contributed by atoms with Crippen LogP contribution in [0.25, 0.3) is 0 Å². The summed E-state index contributed by atoms with van der Waals surface area (Å²) >= 11 is 5.72. The van der Waals surface area contributed by atoms with Crippen molar-refractivity contribution < 1.29 is 14.7 Å². The van der Waals surface area contributed by atoms with Gasteiger partial charge in [0, 0.05) is 17.4 Å². The number of halogens is 1. The molecule has 0 aliphatic rings. The van der Waals surface area contributed by atoms with Crippen molar-refractivity contribution in [2.45, 2.75) is 18.8 Å². The first kappa shape index (κ1) is 12.5. The van der Waals surface area contributed by atoms with E-state index in [0.29, 0.717) is 5.02 Å². The minimum atomic E-state index is -0.957. The van der Waals surface area contributed by atoms with E-state index in [9.17, 15) is 9.59 Å². The lowest BCUT2D eigenvalue weighted by molar-refractivity contribution is -0.137. The molecule has 0 bridgehead atoms. The number of primary amides is 1. The van der Waals surface area contributed by atoms with Crippen LogP contribution in [0.5, 0.6) is 0 Å². The van der Waals surface area contributed by atoms with Crippen molar-refractivity contribution >= 4 is 23.5 Å². The molecule has 0 unspecified atom stereocenters. The predicted molar refractivity (Wildman–Crippen MR) is 60.3 cm³/mol. The normalized spacial score (nSPS) is 12.1. The summed E-state index contributed by atoms with van der Waals surface area (Å²) in [5, 5.41) is 9.30. The van der Waals surface area contributed by atoms with Gasteiger partial charge >= 0.3 is 5.97 Å². The van der Waals surface area contributed by atoms with E-state index in [0.717, 1.165) is 5.56 Å². The van der Waals surface area contributed by atoms with Gasteiger partial charge in [0.1, 0.15) is 0 Å². The molecule has 5 heteroatoms. The van der Waals surface area contributed by atoms with E-state index in [-0.39, 0.29) is 12.8 Å². The maximum atomic E-state index is 10.8. The van der Waals surface area contributed by atoms with Gasteiger partial charge in [0.15, 0.2) is 0 Å². The molecule has 0 aromatic heterocycles. The van der Waals surface area contributed by atoms with E-state index in [4.69, 9.17) is 22.4 Å². The smallest absolute Gasteiger partial charge is 0.303 e. The van der Waals surface area contributed by atoms with E-state index >= 15 is 0 Å². The summed E-state index contributed by atoms with van der Waals surface area (Å²) in [4.78, 5) is 21.5. The molecule has 4 nitrogen and oxygen atoms in total. The first-order chi connectivity index (χ1) is 7.49. The molecule has 1 amide bonds. The van der Waals surface area contributed by atoms with Gasteiger partial charge in [-0.25, -0.2) is 0 Å². The van der Waals surface area contributed by atoms with Gasteiger partial charge in [-0.2, -0.15) is 0 Å². The Morgan fingerprint density at radius 1 is 1.25 bits per heavy atom. The molecule has 0 spiro atoms. The Balaban J connectivity index is 2.86. The Labute approximate surface area is 98.0 Å². The summed E-state index contributed by atoms with van der Waals surface area (Å²) in [7, 11) is 0. The molecular formula is C11H12ClNO3. The zero-order chi connectivity index (χ0) is 12.1. The maximum absolute atomic E-state index is 10.8. The van der Waals surface area contributed by atoms with E-state index in [1.54, 1.807) is 24.3 Å². The minimum Gasteiger partial charge on any atom is -0.481 e. The van der Waals surface area contributed by atoms with Crippen LogP contribution in [-0.2, 0) is 9.59 Å². The van der Waals surface area contributed by atoms with Crippen molar-refractivity contribution in [1.82, 2.24) is 0 Å². The Morgan fingerprint density at radius 3 is 2.25 bits per heavy atom. The fraction of sp³-hybridized carbons (Fsp3) is 0.273. The standard InChI is InChI=1S/C11H12ClNO3/c12-9-3-1-7(2-4-9)8(5-10(13)14)6-11(15)16/h1-4,8H,5-6H2,(H2,13,14)(H,15,16)/t8-/m1/s1. The van der Waals surface area contributed by atoms with Gasteiger partial charge in [-0.15, -0.1) is 0 Å². The van der Waals surface area contributed by atoms with Crippen molar-refractivity contribution in [2.24, 2.45) is 5.73 Å². The van der Waals surface area contributed by atoms with Crippen molar-refractivity contribution in [3.8, 4) is 0 Å². The number of nitrogens with two attached hydrogens (primary N) is 1. The van der Waals surface area contributed by atoms with Gasteiger partial charge in [0.2, 0.25) is 5.91 Å². The number of carboxylic acid groups (broad SMARTS) is 1. The van der Waals surface area contributed by atoms with E-state index < -0.39 is 17.8 Å². The van der Waals surface area contributed by atoms with Gasteiger partial charge in [0.05, 0.1) is 6.42 Å². The van der Waals surface area contributed by atoms with Crippen LogP contribution in [-0.4, -0.2) is 17.0 Å². The molecule has 1 aromatic carbocycles. The second kappa shape index (κ2) is 5.51. The van der Waals surface area contributed by atoms with Gasteiger partial charge in [0.25, 0.3) is 0 Å². The molecule has 0 saturated carbocycles. The number of amides is 1. The lowest BCUT2D eigenvalue weighted by Crippen LogP contribution is -2.17. The van der Waals surface area contributed by atoms with Crippen LogP contribution in [0.2, 0.25) is 5.02 Å². The third kappa shape index (κ3) is 3.90. The number of carboxylic acids is 1. The van der Waals surface area contributed by atoms with Crippen molar-refractivity contribution in [3.63, 3.8) is 0 Å². The van der Waals surface area contributed by atoms with Crippen molar-refractivity contribution in [1.29, 1.82) is 0 Å². The molecule has 1 atom stereocenters. The minimum absolute atomic E-state index is 0.0218. The van der Waals surface area contributed by atoms with Gasteiger partial charge < -0.3 is 10.8 Å². The molecule has 86 valence electrons. The third-order valence-electron chi connectivity index (χ3n) is 2.21. The van der Waals surface area contributed by atoms with Crippen LogP contribution in [0, 0.1) is 0 Å². The number of benzene rings is 1. The average Bonchev–Trinajstić information content (AvgIpc) is 2.16. The molecule has 0 heterocycles. The highest BCUT2D eigenvalue weighted by Crippen LogP contribution is 2.24. The first-order valence-corrected chi connectivity index (χ1v) is 5.12. The van der Waals surface area contributed by atoms with Crippen LogP contribution in [0.15, 0.2) is 24.3 Å². The monoisotopic (exact) mass is 241 g/mol. The van der Waals surface area contributed by atoms with E-state index in [1.165, 1.54) is 0 Å². The molecule has 1 aromatic rings. The molecule has 3 N–H and O–H groups in total. The van der Waals surface area contributed by atoms with Crippen LogP contribution in [0.1, 0.15) is 24.3 Å². The fourth-order valence-electron chi connectivity index (χ4n) is 1.50. The topological polar surface area (TPSA) is 80.4 Å². The first-order valence-electron chi connectivity index (χ1n) is 4.74. The molecule has 0 aliphatic heterocycles. The third-order valence-corrected chi connectivity index (χ3v) is 2.46. The van der Waals surface area contributed by atoms with Crippen LogP contribution < -0.4 is 5.73 Å². The number of carbonyl (C=O) groups excluding carboxylic acids is 1. The second-order valence-corrected chi connectivity index (χ2v) is 3.95. The van der Waals surface area contributed by atoms with Crippen LogP contribution in [0.3, 0.4) is 0 Å². The lowest BCUT2D eigenvalue weighted by atomic mass is 9.92. The summed E-state index contributed by atoms with van der Waals surface area (Å²) in [5.41, 5.74) is 5.83. The quantitative estimate of drug-likeness (QED) is 0.825. The van der Waals surface area contributed by atoms with Crippen molar-refractivity contribution in [3.05, 3.63) is 34.9 Å². The fourth-order valence-corrected chi connectivity index (χ4v) is 1.62. The number of carbonyl (C=O) groups is 2. The molecule has 0 fully saturated rings. The zero-order valence-corrected chi connectivity index (χ0v) is 9.28. The van der Waals surface area contributed by atoms with Gasteiger partial charge in [-0.3, -0.25) is 9.59 Å². The van der Waals surface area contributed by atoms with E-state index in [1.807, 2.05) is 0 Å². The lowest BCUT2D eigenvalue weighted by Gasteiger charge is -2.13. The summed E-state index contributed by atoms with van der Waals surface area (Å²) in [6.45, 7) is 0. The summed E-state index contributed by atoms with van der Waals surface area (Å²) < 4.78 is 0. The largest absolute Gasteiger partial charge is 0.481 e. The van der Waals surface area contributed by atoms with E-state index in [2.05, 4.69) is 0 Å². The highest BCUT2D eigenvalue weighted by Gasteiger charge is 2.17. The molecule has 1 rings (SSSR count). The number of hydrogen-bond acceptors (Lipinski definition) is 2. The Morgan fingerprint density at radius 2 is 1.81 bits per heavy atom. The van der Waals surface area contributed by atoms with Gasteiger partial charge in [-0.05, 0) is 17.7 Å². The van der Waals surface area contributed by atoms with Crippen molar-refractivity contribution in [2.75, 3.05) is 0 Å². The molecule has 0 radical (unpaired) electrons. The number of aliphatic carboxylic acids is 1.